The monoisotopic (exact) mass is 154 g/mol. The van der Waals surface area contributed by atoms with Crippen molar-refractivity contribution in [3.05, 3.63) is 17.5 Å². The summed E-state index contributed by atoms with van der Waals surface area (Å²) in [6, 6.07) is 0. The van der Waals surface area contributed by atoms with Gasteiger partial charge in [-0.1, -0.05) is 5.16 Å². The third-order valence-electron chi connectivity index (χ3n) is 1.35. The van der Waals surface area contributed by atoms with Gasteiger partial charge in [-0.2, -0.15) is 0 Å². The van der Waals surface area contributed by atoms with E-state index >= 15 is 0 Å². The lowest BCUT2D eigenvalue weighted by molar-refractivity contribution is -0.119. The average Bonchev–Trinajstić information content (AvgIpc) is 2.31. The lowest BCUT2D eigenvalue weighted by Crippen LogP contribution is -2.18. The van der Waals surface area contributed by atoms with E-state index in [1.165, 1.54) is 6.92 Å². The minimum absolute atomic E-state index is 0.0687. The molecule has 0 atom stereocenters. The Balaban J connectivity index is 2.51. The second kappa shape index (κ2) is 3.18. The van der Waals surface area contributed by atoms with Crippen LogP contribution in [0.1, 0.15) is 18.2 Å². The minimum Gasteiger partial charge on any atom is -0.359 e. The molecule has 1 N–H and O–H groups in total. The van der Waals surface area contributed by atoms with Crippen LogP contribution in [-0.4, -0.2) is 11.1 Å². The van der Waals surface area contributed by atoms with E-state index in [0.29, 0.717) is 12.3 Å². The molecule has 0 radical (unpaired) electrons. The highest BCUT2D eigenvalue weighted by atomic mass is 16.5. The van der Waals surface area contributed by atoms with Gasteiger partial charge in [0.1, 0.15) is 0 Å². The third-order valence-corrected chi connectivity index (χ3v) is 1.35. The molecule has 0 unspecified atom stereocenters. The first-order chi connectivity index (χ1) is 5.20. The van der Waals surface area contributed by atoms with Crippen molar-refractivity contribution in [1.82, 2.24) is 10.5 Å². The highest BCUT2D eigenvalue weighted by Gasteiger charge is 2.02. The summed E-state index contributed by atoms with van der Waals surface area (Å²) in [5, 5.41) is 6.19. The van der Waals surface area contributed by atoms with Crippen molar-refractivity contribution in [1.29, 1.82) is 0 Å². The Labute approximate surface area is 64.6 Å². The zero-order valence-corrected chi connectivity index (χ0v) is 6.55. The Bertz CT molecular complexity index is 255. The standard InChI is InChI=1S/C7H10N2O2/c1-5-3-9-11-7(5)4-8-6(2)10/h3H,4H2,1-2H3,(H,8,10). The van der Waals surface area contributed by atoms with Gasteiger partial charge < -0.3 is 9.84 Å². The quantitative estimate of drug-likeness (QED) is 0.679. The van der Waals surface area contributed by atoms with E-state index in [4.69, 9.17) is 4.52 Å². The first-order valence-corrected chi connectivity index (χ1v) is 3.34. The van der Waals surface area contributed by atoms with Gasteiger partial charge in [-0.3, -0.25) is 4.79 Å². The summed E-state index contributed by atoms with van der Waals surface area (Å²) in [6.07, 6.45) is 1.62. The molecule has 0 bridgehead atoms. The minimum atomic E-state index is -0.0687. The number of aromatic nitrogens is 1. The maximum atomic E-state index is 10.5. The SMILES string of the molecule is CC(=O)NCc1oncc1C. The molecule has 0 aliphatic rings. The second-order valence-corrected chi connectivity index (χ2v) is 2.34. The van der Waals surface area contributed by atoms with Crippen LogP contribution in [0.5, 0.6) is 0 Å². The van der Waals surface area contributed by atoms with Crippen LogP contribution in [-0.2, 0) is 11.3 Å². The van der Waals surface area contributed by atoms with E-state index in [1.807, 2.05) is 6.92 Å². The van der Waals surface area contributed by atoms with Crippen LogP contribution in [0.15, 0.2) is 10.7 Å². The Kier molecular flexibility index (Phi) is 2.25. The van der Waals surface area contributed by atoms with E-state index in [0.717, 1.165) is 5.56 Å². The predicted molar refractivity (Wildman–Crippen MR) is 38.8 cm³/mol. The maximum absolute atomic E-state index is 10.5. The lowest BCUT2D eigenvalue weighted by atomic mass is 10.3. The molecule has 0 aliphatic carbocycles. The van der Waals surface area contributed by atoms with Gasteiger partial charge in [-0.25, -0.2) is 0 Å². The van der Waals surface area contributed by atoms with Crippen molar-refractivity contribution in [3.8, 4) is 0 Å². The molecular weight excluding hydrogens is 144 g/mol. The van der Waals surface area contributed by atoms with Crippen molar-refractivity contribution >= 4 is 5.91 Å². The Morgan fingerprint density at radius 1 is 1.82 bits per heavy atom. The van der Waals surface area contributed by atoms with Gasteiger partial charge in [0.05, 0.1) is 12.7 Å². The van der Waals surface area contributed by atoms with Crippen LogP contribution in [0.25, 0.3) is 0 Å². The van der Waals surface area contributed by atoms with E-state index in [-0.39, 0.29) is 5.91 Å². The van der Waals surface area contributed by atoms with Gasteiger partial charge in [0.2, 0.25) is 5.91 Å². The predicted octanol–water partition coefficient (Wildman–Crippen LogP) is 0.619. The summed E-state index contributed by atoms with van der Waals surface area (Å²) in [7, 11) is 0. The molecule has 1 rings (SSSR count). The van der Waals surface area contributed by atoms with Crippen molar-refractivity contribution < 1.29 is 9.32 Å². The van der Waals surface area contributed by atoms with Gasteiger partial charge in [0.15, 0.2) is 5.76 Å². The second-order valence-electron chi connectivity index (χ2n) is 2.34. The molecule has 11 heavy (non-hydrogen) atoms. The highest BCUT2D eigenvalue weighted by Crippen LogP contribution is 2.04. The summed E-state index contributed by atoms with van der Waals surface area (Å²) < 4.78 is 4.85. The average molecular weight is 154 g/mol. The summed E-state index contributed by atoms with van der Waals surface area (Å²) in [5.41, 5.74) is 0.957. The van der Waals surface area contributed by atoms with Crippen LogP contribution in [0.4, 0.5) is 0 Å². The number of rotatable bonds is 2. The van der Waals surface area contributed by atoms with Crippen LogP contribution >= 0.6 is 0 Å². The van der Waals surface area contributed by atoms with Crippen LogP contribution < -0.4 is 5.32 Å². The van der Waals surface area contributed by atoms with Gasteiger partial charge in [-0.05, 0) is 6.92 Å². The molecule has 1 amide bonds. The van der Waals surface area contributed by atoms with E-state index in [2.05, 4.69) is 10.5 Å². The van der Waals surface area contributed by atoms with Crippen LogP contribution in [0, 0.1) is 6.92 Å². The number of hydrogen-bond donors (Lipinski definition) is 1. The molecule has 60 valence electrons. The number of nitrogens with zero attached hydrogens (tertiary/aromatic N) is 1. The number of nitrogens with one attached hydrogen (secondary N) is 1. The first-order valence-electron chi connectivity index (χ1n) is 3.34. The first kappa shape index (κ1) is 7.78. The maximum Gasteiger partial charge on any atom is 0.217 e. The van der Waals surface area contributed by atoms with E-state index in [1.54, 1.807) is 6.20 Å². The largest absolute Gasteiger partial charge is 0.359 e. The Morgan fingerprint density at radius 2 is 2.55 bits per heavy atom. The highest BCUT2D eigenvalue weighted by molar-refractivity contribution is 5.72. The smallest absolute Gasteiger partial charge is 0.217 e. The van der Waals surface area contributed by atoms with Gasteiger partial charge in [0, 0.05) is 12.5 Å². The number of amides is 1. The lowest BCUT2D eigenvalue weighted by Gasteiger charge is -1.96. The normalized spacial score (nSPS) is 9.64. The molecular formula is C7H10N2O2. The molecule has 4 heteroatoms. The number of hydrogen-bond acceptors (Lipinski definition) is 3. The third kappa shape index (κ3) is 2.07. The van der Waals surface area contributed by atoms with Crippen LogP contribution in [0.2, 0.25) is 0 Å². The fourth-order valence-electron chi connectivity index (χ4n) is 0.689. The number of carbonyl (C=O) groups is 1. The van der Waals surface area contributed by atoms with Crippen molar-refractivity contribution in [2.45, 2.75) is 20.4 Å². The number of carbonyl (C=O) groups excluding carboxylic acids is 1. The van der Waals surface area contributed by atoms with Crippen LogP contribution in [0.3, 0.4) is 0 Å². The van der Waals surface area contributed by atoms with Crippen molar-refractivity contribution in [3.63, 3.8) is 0 Å². The molecule has 0 aromatic carbocycles. The molecule has 0 aliphatic heterocycles. The molecule has 1 aromatic heterocycles. The molecule has 1 aromatic rings. The summed E-state index contributed by atoms with van der Waals surface area (Å²) in [6.45, 7) is 3.76. The fourth-order valence-corrected chi connectivity index (χ4v) is 0.689. The van der Waals surface area contributed by atoms with Gasteiger partial charge in [-0.15, -0.1) is 0 Å². The Morgan fingerprint density at radius 3 is 3.00 bits per heavy atom. The Hall–Kier alpha value is -1.32. The zero-order valence-electron chi connectivity index (χ0n) is 6.55. The molecule has 4 nitrogen and oxygen atoms in total. The van der Waals surface area contributed by atoms with Crippen molar-refractivity contribution in [2.75, 3.05) is 0 Å². The molecule has 0 saturated heterocycles. The van der Waals surface area contributed by atoms with E-state index in [9.17, 15) is 4.79 Å². The molecule has 0 saturated carbocycles. The summed E-state index contributed by atoms with van der Waals surface area (Å²) in [4.78, 5) is 10.5. The topological polar surface area (TPSA) is 55.1 Å². The zero-order chi connectivity index (χ0) is 8.27. The summed E-state index contributed by atoms with van der Waals surface area (Å²) in [5.74, 6) is 0.640. The van der Waals surface area contributed by atoms with Gasteiger partial charge >= 0.3 is 0 Å². The van der Waals surface area contributed by atoms with Gasteiger partial charge in [0.25, 0.3) is 0 Å². The fraction of sp³-hybridized carbons (Fsp3) is 0.429. The number of aryl methyl sites for hydroxylation is 1. The summed E-state index contributed by atoms with van der Waals surface area (Å²) >= 11 is 0. The molecule has 0 fully saturated rings. The molecule has 0 spiro atoms. The molecule has 1 heterocycles. The van der Waals surface area contributed by atoms with E-state index < -0.39 is 0 Å². The van der Waals surface area contributed by atoms with Crippen molar-refractivity contribution in [2.24, 2.45) is 0 Å².